The molecule has 11 nitrogen and oxygen atoms in total. The standard InChI is InChI=1S/C35H44ClN5O6S/c1-22-7-6-15-35(44,34-37-32(20-42)38-40(34)3)29-13-10-26(29)19-41-16-5-4-8-24-17-28(36)12-9-27(24)21-47-31-14-11-25(18-30(31)41)33(43)39-48(45,46)23(22)2/h6,9,11-12,14-15,17-18,22-23,26,29,42,44H,4-5,7-8,10,13,16,19-21H2,1-3H3,(H,39,43)/b15-6+/t22-,23+,26-,29+,35-/m0/s1. The molecule has 1 fully saturated rings. The monoisotopic (exact) mass is 697 g/mol. The lowest BCUT2D eigenvalue weighted by atomic mass is 9.64. The molecule has 0 spiro atoms. The Bertz CT molecular complexity index is 1810. The molecule has 5 atom stereocenters. The molecule has 3 heterocycles. The highest BCUT2D eigenvalue weighted by molar-refractivity contribution is 7.90. The summed E-state index contributed by atoms with van der Waals surface area (Å²) in [6, 6.07) is 10.9. The van der Waals surface area contributed by atoms with Crippen molar-refractivity contribution in [2.24, 2.45) is 24.8 Å². The zero-order valence-electron chi connectivity index (χ0n) is 27.6. The van der Waals surface area contributed by atoms with Crippen LogP contribution in [-0.4, -0.2) is 57.6 Å². The van der Waals surface area contributed by atoms with Gasteiger partial charge in [-0.2, -0.15) is 5.10 Å². The summed E-state index contributed by atoms with van der Waals surface area (Å²) in [5.41, 5.74) is 1.57. The lowest BCUT2D eigenvalue weighted by molar-refractivity contribution is -0.0581. The fraction of sp³-hybridized carbons (Fsp3) is 0.514. The maximum absolute atomic E-state index is 13.5. The zero-order valence-corrected chi connectivity index (χ0v) is 29.2. The summed E-state index contributed by atoms with van der Waals surface area (Å²) in [6.45, 7) is 4.55. The topological polar surface area (TPSA) is 147 Å². The molecular weight excluding hydrogens is 654 g/mol. The minimum absolute atomic E-state index is 0.0463. The lowest BCUT2D eigenvalue weighted by Gasteiger charge is -2.47. The predicted molar refractivity (Wildman–Crippen MR) is 183 cm³/mol. The van der Waals surface area contributed by atoms with Gasteiger partial charge in [-0.15, -0.1) is 0 Å². The smallest absolute Gasteiger partial charge is 0.264 e. The number of ether oxygens (including phenoxy) is 1. The van der Waals surface area contributed by atoms with E-state index in [9.17, 15) is 23.4 Å². The van der Waals surface area contributed by atoms with Crippen molar-refractivity contribution in [2.75, 3.05) is 18.0 Å². The molecule has 1 aliphatic carbocycles. The summed E-state index contributed by atoms with van der Waals surface area (Å²) >= 11 is 6.34. The quantitative estimate of drug-likeness (QED) is 0.326. The number of carbonyl (C=O) groups excluding carboxylic acids is 1. The first kappa shape index (κ1) is 34.4. The summed E-state index contributed by atoms with van der Waals surface area (Å²) in [5, 5.41) is 26.4. The van der Waals surface area contributed by atoms with E-state index in [-0.39, 0.29) is 35.7 Å². The lowest BCUT2D eigenvalue weighted by Crippen LogP contribution is -2.49. The van der Waals surface area contributed by atoms with Gasteiger partial charge in [0.15, 0.2) is 11.6 Å². The average molecular weight is 698 g/mol. The molecular formula is C35H44ClN5O6S. The number of halogens is 1. The number of nitrogens with one attached hydrogen (secondary N) is 1. The number of amides is 1. The molecule has 3 aliphatic rings. The number of allylic oxidation sites excluding steroid dienone is 1. The van der Waals surface area contributed by atoms with Gasteiger partial charge in [0, 0.05) is 36.6 Å². The molecule has 0 unspecified atom stereocenters. The van der Waals surface area contributed by atoms with Crippen LogP contribution in [0.3, 0.4) is 0 Å². The highest BCUT2D eigenvalue weighted by atomic mass is 35.5. The van der Waals surface area contributed by atoms with E-state index in [4.69, 9.17) is 16.3 Å². The fourth-order valence-corrected chi connectivity index (χ4v) is 8.67. The van der Waals surface area contributed by atoms with Crippen LogP contribution in [0.15, 0.2) is 48.6 Å². The van der Waals surface area contributed by atoms with Crippen LogP contribution < -0.4 is 14.4 Å². The normalized spacial score (nSPS) is 28.5. The van der Waals surface area contributed by atoms with Crippen molar-refractivity contribution in [3.63, 3.8) is 0 Å². The van der Waals surface area contributed by atoms with Gasteiger partial charge in [-0.05, 0) is 105 Å². The molecule has 258 valence electrons. The Labute approximate surface area is 287 Å². The number of fused-ring (bicyclic) bond motifs is 3. The Hall–Kier alpha value is -3.45. The number of aromatic nitrogens is 3. The molecule has 48 heavy (non-hydrogen) atoms. The number of hydrogen-bond acceptors (Lipinski definition) is 9. The van der Waals surface area contributed by atoms with Crippen molar-refractivity contribution in [3.8, 4) is 5.75 Å². The van der Waals surface area contributed by atoms with Gasteiger partial charge in [0.1, 0.15) is 24.6 Å². The van der Waals surface area contributed by atoms with Gasteiger partial charge in [-0.1, -0.05) is 30.7 Å². The van der Waals surface area contributed by atoms with Crippen LogP contribution in [0.2, 0.25) is 5.02 Å². The van der Waals surface area contributed by atoms with Crippen LogP contribution in [0.1, 0.15) is 79.1 Å². The largest absolute Gasteiger partial charge is 0.487 e. The Morgan fingerprint density at radius 2 is 1.94 bits per heavy atom. The summed E-state index contributed by atoms with van der Waals surface area (Å²) in [6.07, 6.45) is 8.06. The van der Waals surface area contributed by atoms with Crippen LogP contribution in [0.25, 0.3) is 0 Å². The number of anilines is 1. The van der Waals surface area contributed by atoms with Crippen molar-refractivity contribution < 1.29 is 28.2 Å². The number of hydrogen-bond donors (Lipinski definition) is 3. The van der Waals surface area contributed by atoms with E-state index in [0.717, 1.165) is 43.2 Å². The molecule has 1 amide bonds. The first-order valence-corrected chi connectivity index (χ1v) is 18.6. The third kappa shape index (κ3) is 6.85. The highest BCUT2D eigenvalue weighted by Gasteiger charge is 2.49. The first-order valence-electron chi connectivity index (χ1n) is 16.7. The van der Waals surface area contributed by atoms with Crippen molar-refractivity contribution in [1.29, 1.82) is 0 Å². The average Bonchev–Trinajstić information content (AvgIpc) is 3.42. The van der Waals surface area contributed by atoms with Crippen LogP contribution in [0, 0.1) is 17.8 Å². The van der Waals surface area contributed by atoms with E-state index in [1.54, 1.807) is 51.2 Å². The predicted octanol–water partition coefficient (Wildman–Crippen LogP) is 4.64. The number of benzene rings is 2. The molecule has 0 saturated heterocycles. The van der Waals surface area contributed by atoms with Crippen LogP contribution in [0.4, 0.5) is 5.69 Å². The van der Waals surface area contributed by atoms with E-state index in [1.165, 1.54) is 4.68 Å². The third-order valence-corrected chi connectivity index (χ3v) is 12.5. The van der Waals surface area contributed by atoms with Gasteiger partial charge >= 0.3 is 0 Å². The maximum atomic E-state index is 13.5. The Kier molecular flexibility index (Phi) is 9.90. The van der Waals surface area contributed by atoms with E-state index in [2.05, 4.69) is 19.7 Å². The van der Waals surface area contributed by atoms with Crippen LogP contribution in [-0.2, 0) is 42.3 Å². The second-order valence-corrected chi connectivity index (χ2v) is 16.0. The van der Waals surface area contributed by atoms with Crippen molar-refractivity contribution >= 4 is 33.2 Å². The minimum Gasteiger partial charge on any atom is -0.487 e. The minimum atomic E-state index is -4.04. The molecule has 13 heteroatoms. The maximum Gasteiger partial charge on any atom is 0.264 e. The molecule has 6 rings (SSSR count). The third-order valence-electron chi connectivity index (χ3n) is 10.4. The molecule has 3 N–H and O–H groups in total. The number of aliphatic hydroxyl groups excluding tert-OH is 1. The Balaban J connectivity index is 1.44. The van der Waals surface area contributed by atoms with Gasteiger partial charge in [0.05, 0.1) is 10.9 Å². The van der Waals surface area contributed by atoms with Gasteiger partial charge in [0.25, 0.3) is 5.91 Å². The molecule has 1 saturated carbocycles. The van der Waals surface area contributed by atoms with Gasteiger partial charge in [0.2, 0.25) is 10.0 Å². The second-order valence-electron chi connectivity index (χ2n) is 13.5. The molecule has 0 radical (unpaired) electrons. The van der Waals surface area contributed by atoms with Crippen molar-refractivity contribution in [2.45, 2.75) is 76.4 Å². The molecule has 2 aliphatic heterocycles. The Morgan fingerprint density at radius 1 is 1.12 bits per heavy atom. The number of aliphatic hydroxyl groups is 2. The number of rotatable bonds is 2. The molecule has 3 aromatic rings. The summed E-state index contributed by atoms with van der Waals surface area (Å²) < 4.78 is 37.1. The molecule has 1 aromatic heterocycles. The molecule has 2 bridgehead atoms. The second kappa shape index (κ2) is 13.8. The van der Waals surface area contributed by atoms with Crippen molar-refractivity contribution in [3.05, 3.63) is 81.9 Å². The first-order chi connectivity index (χ1) is 22.9. The summed E-state index contributed by atoms with van der Waals surface area (Å²) in [5.74, 6) is -0.118. The van der Waals surface area contributed by atoms with E-state index < -0.39 is 26.8 Å². The number of aryl methyl sites for hydroxylation is 2. The van der Waals surface area contributed by atoms with Crippen LogP contribution in [0.5, 0.6) is 5.75 Å². The number of sulfonamides is 1. The molecule has 2 aromatic carbocycles. The van der Waals surface area contributed by atoms with E-state index in [0.29, 0.717) is 48.4 Å². The fourth-order valence-electron chi connectivity index (χ4n) is 7.19. The highest BCUT2D eigenvalue weighted by Crippen LogP contribution is 2.48. The number of carbonyl (C=O) groups is 1. The Morgan fingerprint density at radius 3 is 2.67 bits per heavy atom. The summed E-state index contributed by atoms with van der Waals surface area (Å²) in [7, 11) is -2.34. The zero-order chi connectivity index (χ0) is 34.2. The van der Waals surface area contributed by atoms with Gasteiger partial charge in [-0.25, -0.2) is 22.8 Å². The summed E-state index contributed by atoms with van der Waals surface area (Å²) in [4.78, 5) is 20.2. The number of nitrogens with zero attached hydrogens (tertiary/aromatic N) is 4. The van der Waals surface area contributed by atoms with Crippen LogP contribution >= 0.6 is 11.6 Å². The van der Waals surface area contributed by atoms with Gasteiger partial charge in [-0.3, -0.25) is 4.79 Å². The van der Waals surface area contributed by atoms with Gasteiger partial charge < -0.3 is 19.8 Å². The van der Waals surface area contributed by atoms with E-state index in [1.807, 2.05) is 18.2 Å². The van der Waals surface area contributed by atoms with Crippen molar-refractivity contribution in [1.82, 2.24) is 19.5 Å². The van der Waals surface area contributed by atoms with E-state index >= 15 is 0 Å². The SMILES string of the molecule is C[C@@H]1[C@@H](C)C/C=C/[C@@](O)(c2nc(CO)nn2C)[C@@H]2CC[C@H]2CN2CCCCc3cc(Cl)ccc3COc3ccc(cc32)C(=O)NS1(=O)=O.